The van der Waals surface area contributed by atoms with Crippen molar-refractivity contribution in [3.8, 4) is 45.6 Å². The first-order valence-electron chi connectivity index (χ1n) is 17.1. The molecule has 10 nitrogen and oxygen atoms in total. The Morgan fingerprint density at radius 3 is 2.04 bits per heavy atom. The summed E-state index contributed by atoms with van der Waals surface area (Å²) in [6.07, 6.45) is 5.56. The van der Waals surface area contributed by atoms with E-state index < -0.39 is 32.0 Å². The molecule has 1 aliphatic rings. The number of aromatic amines is 1. The minimum absolute atomic E-state index is 0.0143. The molecule has 4 aromatic heterocycles. The van der Waals surface area contributed by atoms with E-state index in [0.29, 0.717) is 17.5 Å². The quantitative estimate of drug-likeness (QED) is 0.103. The molecule has 0 bridgehead atoms. The lowest BCUT2D eigenvalue weighted by Crippen LogP contribution is -2.51. The van der Waals surface area contributed by atoms with Crippen molar-refractivity contribution in [3.63, 3.8) is 0 Å². The van der Waals surface area contributed by atoms with Crippen molar-refractivity contribution in [2.24, 2.45) is 0 Å². The summed E-state index contributed by atoms with van der Waals surface area (Å²) in [5.41, 5.74) is 9.94. The standard InChI is InChI=1S/C40H43N5O5Si/c1-24(2)49-35-15-11-27(21-42-35)26-9-14-33-30(19-26)31-20-34(40(47)48-5)45(37(46)17-18-51(6,7)8)39(38(31)44-33)29-10-13-32(41-23-29)28-12-16-36(43-22-28)50-25(3)4/h9-16,19,21-25,34,39,44H,20H2,1-8H3. The molecule has 2 unspecified atom stereocenters. The second-order valence-electron chi connectivity index (χ2n) is 14.2. The van der Waals surface area contributed by atoms with E-state index in [2.05, 4.69) is 52.1 Å². The van der Waals surface area contributed by atoms with Crippen LogP contribution in [0, 0.1) is 11.5 Å². The van der Waals surface area contributed by atoms with E-state index in [4.69, 9.17) is 19.2 Å². The third-order valence-corrected chi connectivity index (χ3v) is 9.27. The average molecular weight is 702 g/mol. The molecule has 0 spiro atoms. The molecule has 11 heteroatoms. The summed E-state index contributed by atoms with van der Waals surface area (Å²) >= 11 is 0. The van der Waals surface area contributed by atoms with E-state index in [1.807, 2.05) is 76.2 Å². The highest BCUT2D eigenvalue weighted by Gasteiger charge is 2.44. The molecule has 0 saturated carbocycles. The molecular weight excluding hydrogens is 659 g/mol. The Hall–Kier alpha value is -5.47. The van der Waals surface area contributed by atoms with Gasteiger partial charge in [0.2, 0.25) is 11.8 Å². The number of aromatic nitrogens is 4. The molecule has 0 saturated heterocycles. The molecule has 262 valence electrons. The molecule has 0 aliphatic carbocycles. The molecule has 5 heterocycles. The van der Waals surface area contributed by atoms with Gasteiger partial charge in [-0.3, -0.25) is 9.78 Å². The zero-order valence-electron chi connectivity index (χ0n) is 30.3. The molecule has 2 atom stereocenters. The summed E-state index contributed by atoms with van der Waals surface area (Å²) in [5.74, 6) is 3.04. The number of methoxy groups -OCH3 is 1. The molecule has 5 aromatic rings. The van der Waals surface area contributed by atoms with Gasteiger partial charge in [-0.05, 0) is 80.6 Å². The SMILES string of the molecule is COC(=O)C1Cc2c([nH]c3ccc(-c4ccc(OC(C)C)nc4)cc23)C(c2ccc(-c3ccc(OC(C)C)nc3)nc2)N1C(=O)C#C[Si](C)(C)C. The van der Waals surface area contributed by atoms with E-state index in [1.165, 1.54) is 7.11 Å². The van der Waals surface area contributed by atoms with Gasteiger partial charge in [-0.15, -0.1) is 5.54 Å². The lowest BCUT2D eigenvalue weighted by atomic mass is 9.87. The topological polar surface area (TPSA) is 120 Å². The van der Waals surface area contributed by atoms with Gasteiger partial charge in [0.15, 0.2) is 0 Å². The molecule has 1 amide bonds. The fourth-order valence-corrected chi connectivity index (χ4v) is 6.66. The van der Waals surface area contributed by atoms with Crippen molar-refractivity contribution < 1.29 is 23.8 Å². The number of carbonyl (C=O) groups excluding carboxylic acids is 2. The monoisotopic (exact) mass is 701 g/mol. The molecule has 1 aromatic carbocycles. The Balaban J connectivity index is 1.46. The third-order valence-electron chi connectivity index (χ3n) is 8.39. The van der Waals surface area contributed by atoms with Crippen LogP contribution in [0.1, 0.15) is 50.6 Å². The van der Waals surface area contributed by atoms with E-state index in [9.17, 15) is 9.59 Å². The van der Waals surface area contributed by atoms with Crippen LogP contribution in [0.3, 0.4) is 0 Å². The first kappa shape index (κ1) is 35.4. The minimum atomic E-state index is -1.92. The zero-order chi connectivity index (χ0) is 36.4. The minimum Gasteiger partial charge on any atom is -0.475 e. The van der Waals surface area contributed by atoms with Crippen LogP contribution in [-0.4, -0.2) is 70.1 Å². The Labute approximate surface area is 299 Å². The maximum absolute atomic E-state index is 14.1. The smallest absolute Gasteiger partial charge is 0.328 e. The number of carbonyl (C=O) groups is 2. The molecule has 1 N–H and O–H groups in total. The lowest BCUT2D eigenvalue weighted by molar-refractivity contribution is -0.153. The summed E-state index contributed by atoms with van der Waals surface area (Å²) in [6, 6.07) is 16.0. The molecule has 6 rings (SSSR count). The number of esters is 1. The number of benzene rings is 1. The number of nitrogens with one attached hydrogen (secondary N) is 1. The summed E-state index contributed by atoms with van der Waals surface area (Å²) in [7, 11) is -0.577. The van der Waals surface area contributed by atoms with Gasteiger partial charge in [0, 0.05) is 64.9 Å². The van der Waals surface area contributed by atoms with Gasteiger partial charge in [-0.25, -0.2) is 14.8 Å². The number of amides is 1. The van der Waals surface area contributed by atoms with Crippen molar-refractivity contribution in [2.45, 2.75) is 78.0 Å². The first-order valence-corrected chi connectivity index (χ1v) is 20.6. The predicted octanol–water partition coefficient (Wildman–Crippen LogP) is 7.16. The van der Waals surface area contributed by atoms with Gasteiger partial charge >= 0.3 is 5.97 Å². The fraction of sp³-hybridized carbons (Fsp3) is 0.325. The van der Waals surface area contributed by atoms with Crippen LogP contribution in [0.2, 0.25) is 19.6 Å². The summed E-state index contributed by atoms with van der Waals surface area (Å²) in [4.78, 5) is 46.5. The van der Waals surface area contributed by atoms with Crippen molar-refractivity contribution in [1.29, 1.82) is 0 Å². The number of hydrogen-bond acceptors (Lipinski definition) is 8. The summed E-state index contributed by atoms with van der Waals surface area (Å²) in [5, 5.41) is 0.948. The zero-order valence-corrected chi connectivity index (χ0v) is 31.3. The van der Waals surface area contributed by atoms with Crippen LogP contribution in [-0.2, 0) is 20.7 Å². The van der Waals surface area contributed by atoms with Crippen LogP contribution in [0.5, 0.6) is 11.8 Å². The van der Waals surface area contributed by atoms with Crippen LogP contribution in [0.4, 0.5) is 0 Å². The van der Waals surface area contributed by atoms with Gasteiger partial charge in [0.05, 0.1) is 25.0 Å². The average Bonchev–Trinajstić information content (AvgIpc) is 3.47. The molecule has 0 fully saturated rings. The number of nitrogens with zero attached hydrogens (tertiary/aromatic N) is 4. The van der Waals surface area contributed by atoms with Crippen molar-refractivity contribution in [3.05, 3.63) is 90.0 Å². The Bertz CT molecular complexity index is 2110. The number of ether oxygens (including phenoxy) is 3. The van der Waals surface area contributed by atoms with E-state index in [-0.39, 0.29) is 18.6 Å². The highest BCUT2D eigenvalue weighted by atomic mass is 28.3. The van der Waals surface area contributed by atoms with E-state index >= 15 is 0 Å². The van der Waals surface area contributed by atoms with Crippen molar-refractivity contribution in [2.75, 3.05) is 7.11 Å². The van der Waals surface area contributed by atoms with Gasteiger partial charge in [-0.1, -0.05) is 31.8 Å². The second-order valence-corrected chi connectivity index (χ2v) is 19.0. The lowest BCUT2D eigenvalue weighted by Gasteiger charge is -2.39. The van der Waals surface area contributed by atoms with Crippen LogP contribution in [0.25, 0.3) is 33.3 Å². The first-order chi connectivity index (χ1) is 24.3. The van der Waals surface area contributed by atoms with Crippen molar-refractivity contribution >= 4 is 30.9 Å². The third kappa shape index (κ3) is 7.81. The molecule has 51 heavy (non-hydrogen) atoms. The number of hydrogen-bond donors (Lipinski definition) is 1. The summed E-state index contributed by atoms with van der Waals surface area (Å²) in [6.45, 7) is 14.1. The maximum atomic E-state index is 14.1. The largest absolute Gasteiger partial charge is 0.475 e. The van der Waals surface area contributed by atoms with Crippen LogP contribution >= 0.6 is 0 Å². The predicted molar refractivity (Wildman–Crippen MR) is 200 cm³/mol. The van der Waals surface area contributed by atoms with Gasteiger partial charge in [0.25, 0.3) is 5.91 Å². The molecule has 1 aliphatic heterocycles. The number of fused-ring (bicyclic) bond motifs is 3. The van der Waals surface area contributed by atoms with E-state index in [1.54, 1.807) is 23.5 Å². The molecular formula is C40H43N5O5Si. The van der Waals surface area contributed by atoms with Gasteiger partial charge < -0.3 is 24.1 Å². The highest BCUT2D eigenvalue weighted by molar-refractivity contribution is 6.84. The van der Waals surface area contributed by atoms with Gasteiger partial charge in [0.1, 0.15) is 20.2 Å². The highest BCUT2D eigenvalue weighted by Crippen LogP contribution is 2.42. The van der Waals surface area contributed by atoms with Crippen LogP contribution < -0.4 is 9.47 Å². The Morgan fingerprint density at radius 2 is 1.49 bits per heavy atom. The van der Waals surface area contributed by atoms with Gasteiger partial charge in [-0.2, -0.15) is 0 Å². The number of pyridine rings is 3. The number of rotatable bonds is 8. The normalized spacial score (nSPS) is 15.7. The van der Waals surface area contributed by atoms with E-state index in [0.717, 1.165) is 44.4 Å². The second kappa shape index (κ2) is 14.4. The fourth-order valence-electron chi connectivity index (χ4n) is 6.18. The number of H-pyrrole nitrogens is 1. The molecule has 0 radical (unpaired) electrons. The maximum Gasteiger partial charge on any atom is 0.328 e. The Kier molecular flexibility index (Phi) is 9.99. The summed E-state index contributed by atoms with van der Waals surface area (Å²) < 4.78 is 16.7. The van der Waals surface area contributed by atoms with Crippen LogP contribution in [0.15, 0.2) is 73.2 Å². The van der Waals surface area contributed by atoms with Crippen molar-refractivity contribution in [1.82, 2.24) is 24.8 Å². The Morgan fingerprint density at radius 1 is 0.843 bits per heavy atom.